The Bertz CT molecular complexity index is 704. The first-order valence-corrected chi connectivity index (χ1v) is 6.68. The van der Waals surface area contributed by atoms with E-state index in [0.29, 0.717) is 18.4 Å². The summed E-state index contributed by atoms with van der Waals surface area (Å²) < 4.78 is 0. The molecule has 3 nitrogen and oxygen atoms in total. The maximum atomic E-state index is 12.5. The van der Waals surface area contributed by atoms with Crippen molar-refractivity contribution in [1.29, 1.82) is 0 Å². The van der Waals surface area contributed by atoms with E-state index in [0.717, 1.165) is 22.4 Å². The molecule has 1 N–H and O–H groups in total. The van der Waals surface area contributed by atoms with Gasteiger partial charge in [-0.25, -0.2) is 0 Å². The predicted molar refractivity (Wildman–Crippen MR) is 78.0 cm³/mol. The number of carbonyl (C=O) groups is 2. The van der Waals surface area contributed by atoms with Gasteiger partial charge in [-0.1, -0.05) is 24.3 Å². The van der Waals surface area contributed by atoms with Gasteiger partial charge in [0.25, 0.3) is 0 Å². The number of ketones is 1. The molecule has 0 saturated heterocycles. The zero-order valence-electron chi connectivity index (χ0n) is 11.3. The summed E-state index contributed by atoms with van der Waals surface area (Å²) >= 11 is 0. The van der Waals surface area contributed by atoms with Crippen molar-refractivity contribution in [2.24, 2.45) is 0 Å². The summed E-state index contributed by atoms with van der Waals surface area (Å²) in [7, 11) is 0. The lowest BCUT2D eigenvalue weighted by atomic mass is 9.95. The molecule has 0 saturated carbocycles. The quantitative estimate of drug-likeness (QED) is 0.848. The van der Waals surface area contributed by atoms with Gasteiger partial charge in [0.05, 0.1) is 0 Å². The number of hydrogen-bond donors (Lipinski definition) is 1. The molecule has 1 aliphatic heterocycles. The van der Waals surface area contributed by atoms with Crippen LogP contribution >= 0.6 is 0 Å². The van der Waals surface area contributed by atoms with Crippen molar-refractivity contribution in [1.82, 2.24) is 0 Å². The van der Waals surface area contributed by atoms with Crippen molar-refractivity contribution < 1.29 is 9.59 Å². The second kappa shape index (κ2) is 4.93. The van der Waals surface area contributed by atoms with E-state index in [2.05, 4.69) is 5.32 Å². The molecular weight excluding hydrogens is 250 g/mol. The number of benzene rings is 2. The van der Waals surface area contributed by atoms with E-state index in [4.69, 9.17) is 0 Å². The first kappa shape index (κ1) is 12.6. The van der Waals surface area contributed by atoms with E-state index < -0.39 is 0 Å². The van der Waals surface area contributed by atoms with Crippen molar-refractivity contribution in [3.63, 3.8) is 0 Å². The number of fused-ring (bicyclic) bond motifs is 1. The van der Waals surface area contributed by atoms with E-state index in [1.54, 1.807) is 6.07 Å². The van der Waals surface area contributed by atoms with Crippen molar-refractivity contribution in [3.05, 3.63) is 64.7 Å². The van der Waals surface area contributed by atoms with Gasteiger partial charge in [0, 0.05) is 23.2 Å². The summed E-state index contributed by atoms with van der Waals surface area (Å²) in [6.07, 6.45) is 1.17. The van der Waals surface area contributed by atoms with Crippen LogP contribution in [-0.4, -0.2) is 11.7 Å². The molecule has 100 valence electrons. The smallest absolute Gasteiger partial charge is 0.224 e. The van der Waals surface area contributed by atoms with Crippen LogP contribution in [0.15, 0.2) is 42.5 Å². The Morgan fingerprint density at radius 2 is 1.90 bits per heavy atom. The molecule has 20 heavy (non-hydrogen) atoms. The Hall–Kier alpha value is -2.42. The average Bonchev–Trinajstić information content (AvgIpc) is 2.46. The number of rotatable bonds is 2. The number of nitrogens with one attached hydrogen (secondary N) is 1. The zero-order chi connectivity index (χ0) is 14.1. The summed E-state index contributed by atoms with van der Waals surface area (Å²) in [4.78, 5) is 23.9. The first-order valence-electron chi connectivity index (χ1n) is 6.68. The lowest BCUT2D eigenvalue weighted by molar-refractivity contribution is -0.116. The van der Waals surface area contributed by atoms with Gasteiger partial charge < -0.3 is 5.32 Å². The normalized spacial score (nSPS) is 13.6. The number of amides is 1. The maximum absolute atomic E-state index is 12.5. The van der Waals surface area contributed by atoms with Crippen molar-refractivity contribution in [3.8, 4) is 0 Å². The van der Waals surface area contributed by atoms with E-state index in [1.165, 1.54) is 0 Å². The molecule has 0 aromatic heterocycles. The molecule has 1 heterocycles. The van der Waals surface area contributed by atoms with E-state index in [-0.39, 0.29) is 11.7 Å². The molecule has 0 bridgehead atoms. The minimum atomic E-state index is 0.0304. The average molecular weight is 265 g/mol. The van der Waals surface area contributed by atoms with Gasteiger partial charge in [0.15, 0.2) is 5.78 Å². The molecule has 2 aromatic rings. The third-order valence-corrected chi connectivity index (χ3v) is 3.65. The van der Waals surface area contributed by atoms with Crippen LogP contribution in [0.1, 0.15) is 33.5 Å². The van der Waals surface area contributed by atoms with Gasteiger partial charge in [0.2, 0.25) is 5.91 Å². The summed E-state index contributed by atoms with van der Waals surface area (Å²) in [5.41, 5.74) is 4.23. The minimum absolute atomic E-state index is 0.0304. The molecule has 0 radical (unpaired) electrons. The maximum Gasteiger partial charge on any atom is 0.224 e. The van der Waals surface area contributed by atoms with Crippen LogP contribution in [0.25, 0.3) is 0 Å². The second-order valence-electron chi connectivity index (χ2n) is 5.06. The Balaban J connectivity index is 1.98. The highest BCUT2D eigenvalue weighted by molar-refractivity contribution is 6.10. The van der Waals surface area contributed by atoms with Gasteiger partial charge in [-0.05, 0) is 42.7 Å². The summed E-state index contributed by atoms with van der Waals surface area (Å²) in [6.45, 7) is 1.94. The number of hydrogen-bond acceptors (Lipinski definition) is 2. The molecule has 1 aliphatic rings. The fourth-order valence-electron chi connectivity index (χ4n) is 2.51. The van der Waals surface area contributed by atoms with Crippen LogP contribution in [0.5, 0.6) is 0 Å². The Kier molecular flexibility index (Phi) is 3.11. The molecule has 3 rings (SSSR count). The fourth-order valence-corrected chi connectivity index (χ4v) is 2.51. The van der Waals surface area contributed by atoms with E-state index in [1.807, 2.05) is 43.3 Å². The van der Waals surface area contributed by atoms with Crippen molar-refractivity contribution in [2.45, 2.75) is 19.8 Å². The third-order valence-electron chi connectivity index (χ3n) is 3.65. The minimum Gasteiger partial charge on any atom is -0.326 e. The van der Waals surface area contributed by atoms with Crippen LogP contribution in [-0.2, 0) is 11.2 Å². The van der Waals surface area contributed by atoms with Gasteiger partial charge in [-0.2, -0.15) is 0 Å². The largest absolute Gasteiger partial charge is 0.326 e. The van der Waals surface area contributed by atoms with Gasteiger partial charge in [0.1, 0.15) is 0 Å². The molecule has 0 spiro atoms. The van der Waals surface area contributed by atoms with Crippen molar-refractivity contribution in [2.75, 3.05) is 5.32 Å². The van der Waals surface area contributed by atoms with Crippen LogP contribution in [0.3, 0.4) is 0 Å². The molecule has 3 heteroatoms. The SMILES string of the molecule is Cc1ccccc1C(=O)c1ccc2c(c1)CCC(=O)N2. The summed E-state index contributed by atoms with van der Waals surface area (Å²) in [5.74, 6) is 0.0679. The number of carbonyl (C=O) groups excluding carboxylic acids is 2. The topological polar surface area (TPSA) is 46.2 Å². The Morgan fingerprint density at radius 3 is 2.70 bits per heavy atom. The lowest BCUT2D eigenvalue weighted by Crippen LogP contribution is -2.19. The van der Waals surface area contributed by atoms with Gasteiger partial charge in [-0.15, -0.1) is 0 Å². The zero-order valence-corrected chi connectivity index (χ0v) is 11.3. The Morgan fingerprint density at radius 1 is 1.10 bits per heavy atom. The molecule has 0 aliphatic carbocycles. The highest BCUT2D eigenvalue weighted by Gasteiger charge is 2.17. The predicted octanol–water partition coefficient (Wildman–Crippen LogP) is 3.11. The number of aryl methyl sites for hydroxylation is 2. The van der Waals surface area contributed by atoms with E-state index in [9.17, 15) is 9.59 Å². The lowest BCUT2D eigenvalue weighted by Gasteiger charge is -2.17. The first-order chi connectivity index (χ1) is 9.65. The van der Waals surface area contributed by atoms with Crippen LogP contribution in [0.2, 0.25) is 0 Å². The van der Waals surface area contributed by atoms with Gasteiger partial charge >= 0.3 is 0 Å². The molecule has 0 atom stereocenters. The third kappa shape index (κ3) is 2.23. The van der Waals surface area contributed by atoms with Crippen molar-refractivity contribution >= 4 is 17.4 Å². The highest BCUT2D eigenvalue weighted by atomic mass is 16.1. The fraction of sp³-hybridized carbons (Fsp3) is 0.176. The monoisotopic (exact) mass is 265 g/mol. The molecular formula is C17H15NO2. The molecule has 0 unspecified atom stereocenters. The number of anilines is 1. The Labute approximate surface area is 117 Å². The summed E-state index contributed by atoms with van der Waals surface area (Å²) in [6, 6.07) is 13.1. The van der Waals surface area contributed by atoms with Crippen LogP contribution < -0.4 is 5.32 Å². The second-order valence-corrected chi connectivity index (χ2v) is 5.06. The molecule has 2 aromatic carbocycles. The summed E-state index contributed by atoms with van der Waals surface area (Å²) in [5, 5.41) is 2.83. The van der Waals surface area contributed by atoms with Crippen LogP contribution in [0.4, 0.5) is 5.69 Å². The van der Waals surface area contributed by atoms with Crippen LogP contribution in [0, 0.1) is 6.92 Å². The molecule has 1 amide bonds. The highest BCUT2D eigenvalue weighted by Crippen LogP contribution is 2.25. The standard InChI is InChI=1S/C17H15NO2/c1-11-4-2-3-5-14(11)17(20)13-6-8-15-12(10-13)7-9-16(19)18-15/h2-6,8,10H,7,9H2,1H3,(H,18,19). The van der Waals surface area contributed by atoms with E-state index >= 15 is 0 Å². The van der Waals surface area contributed by atoms with Gasteiger partial charge in [-0.3, -0.25) is 9.59 Å². The molecule has 0 fully saturated rings.